The minimum Gasteiger partial charge on any atom is -0.361 e. The Kier molecular flexibility index (Phi) is 3.15. The Morgan fingerprint density at radius 3 is 2.89 bits per heavy atom. The summed E-state index contributed by atoms with van der Waals surface area (Å²) < 4.78 is 5.43. The van der Waals surface area contributed by atoms with Gasteiger partial charge < -0.3 is 9.84 Å². The normalized spacial score (nSPS) is 19.3. The molecule has 3 rings (SSSR count). The predicted octanol–water partition coefficient (Wildman–Crippen LogP) is 2.80. The fourth-order valence-corrected chi connectivity index (χ4v) is 2.53. The van der Waals surface area contributed by atoms with Gasteiger partial charge in [0, 0.05) is 12.0 Å². The van der Waals surface area contributed by atoms with Gasteiger partial charge in [0.25, 0.3) is 0 Å². The first-order valence-corrected chi connectivity index (χ1v) is 6.54. The van der Waals surface area contributed by atoms with Crippen LogP contribution in [0.1, 0.15) is 17.7 Å². The molecule has 2 heterocycles. The summed E-state index contributed by atoms with van der Waals surface area (Å²) in [4.78, 5) is 0. The Labute approximate surface area is 107 Å². The molecule has 0 saturated carbocycles. The average molecular weight is 242 g/mol. The third-order valence-corrected chi connectivity index (χ3v) is 3.64. The van der Waals surface area contributed by atoms with Gasteiger partial charge in [-0.1, -0.05) is 35.0 Å². The van der Waals surface area contributed by atoms with E-state index in [1.165, 1.54) is 17.5 Å². The van der Waals surface area contributed by atoms with Gasteiger partial charge in [-0.2, -0.15) is 0 Å². The topological polar surface area (TPSA) is 38.1 Å². The molecule has 1 aromatic heterocycles. The number of aromatic nitrogens is 1. The lowest BCUT2D eigenvalue weighted by Crippen LogP contribution is -2.10. The molecule has 1 aromatic carbocycles. The Balaban J connectivity index is 1.84. The van der Waals surface area contributed by atoms with Crippen LogP contribution < -0.4 is 5.32 Å². The van der Waals surface area contributed by atoms with Crippen molar-refractivity contribution in [1.29, 1.82) is 0 Å². The standard InChI is InChI=1S/C15H18N2O/c1-11-2-4-13(5-3-11)14-10-17-18-15(14)8-12-6-7-16-9-12/h2-5,10,12,16H,6-9H2,1H3. The third kappa shape index (κ3) is 2.31. The molecular formula is C15H18N2O. The number of benzene rings is 1. The molecule has 1 aliphatic rings. The van der Waals surface area contributed by atoms with Crippen LogP contribution >= 0.6 is 0 Å². The van der Waals surface area contributed by atoms with Gasteiger partial charge >= 0.3 is 0 Å². The van der Waals surface area contributed by atoms with Crippen molar-refractivity contribution in [1.82, 2.24) is 10.5 Å². The molecule has 94 valence electrons. The van der Waals surface area contributed by atoms with E-state index < -0.39 is 0 Å². The smallest absolute Gasteiger partial charge is 0.144 e. The summed E-state index contributed by atoms with van der Waals surface area (Å²) in [7, 11) is 0. The summed E-state index contributed by atoms with van der Waals surface area (Å²) >= 11 is 0. The van der Waals surface area contributed by atoms with Gasteiger partial charge in [-0.05, 0) is 37.9 Å². The number of nitrogens with zero attached hydrogens (tertiary/aromatic N) is 1. The summed E-state index contributed by atoms with van der Waals surface area (Å²) in [5, 5.41) is 7.36. The minimum absolute atomic E-state index is 0.683. The summed E-state index contributed by atoms with van der Waals surface area (Å²) in [6.07, 6.45) is 4.05. The van der Waals surface area contributed by atoms with Crippen LogP contribution in [0, 0.1) is 12.8 Å². The highest BCUT2D eigenvalue weighted by Crippen LogP contribution is 2.27. The highest BCUT2D eigenvalue weighted by atomic mass is 16.5. The fourth-order valence-electron chi connectivity index (χ4n) is 2.53. The van der Waals surface area contributed by atoms with Crippen molar-refractivity contribution in [3.63, 3.8) is 0 Å². The largest absolute Gasteiger partial charge is 0.361 e. The number of aryl methyl sites for hydroxylation is 1. The van der Waals surface area contributed by atoms with Crippen LogP contribution in [0.3, 0.4) is 0 Å². The molecule has 3 heteroatoms. The number of nitrogens with one attached hydrogen (secondary N) is 1. The molecule has 0 bridgehead atoms. The predicted molar refractivity (Wildman–Crippen MR) is 71.4 cm³/mol. The van der Waals surface area contributed by atoms with Crippen molar-refractivity contribution in [2.24, 2.45) is 5.92 Å². The lowest BCUT2D eigenvalue weighted by molar-refractivity contribution is 0.364. The van der Waals surface area contributed by atoms with Gasteiger partial charge in [0.15, 0.2) is 0 Å². The highest BCUT2D eigenvalue weighted by Gasteiger charge is 2.19. The number of hydrogen-bond acceptors (Lipinski definition) is 3. The third-order valence-electron chi connectivity index (χ3n) is 3.64. The molecule has 1 fully saturated rings. The van der Waals surface area contributed by atoms with Crippen LogP contribution in [-0.4, -0.2) is 18.2 Å². The van der Waals surface area contributed by atoms with Gasteiger partial charge in [0.1, 0.15) is 5.76 Å². The molecule has 1 saturated heterocycles. The second-order valence-corrected chi connectivity index (χ2v) is 5.09. The molecule has 2 aromatic rings. The van der Waals surface area contributed by atoms with Crippen LogP contribution in [0.15, 0.2) is 35.0 Å². The molecule has 0 amide bonds. The fraction of sp³-hybridized carbons (Fsp3) is 0.400. The highest BCUT2D eigenvalue weighted by molar-refractivity contribution is 5.64. The van der Waals surface area contributed by atoms with E-state index in [2.05, 4.69) is 41.7 Å². The SMILES string of the molecule is Cc1ccc(-c2cnoc2CC2CCNC2)cc1. The zero-order valence-corrected chi connectivity index (χ0v) is 10.6. The maximum absolute atomic E-state index is 5.43. The molecule has 0 radical (unpaired) electrons. The molecule has 1 N–H and O–H groups in total. The van der Waals surface area contributed by atoms with E-state index in [0.717, 1.165) is 30.8 Å². The van der Waals surface area contributed by atoms with Crippen molar-refractivity contribution >= 4 is 0 Å². The Morgan fingerprint density at radius 1 is 1.33 bits per heavy atom. The van der Waals surface area contributed by atoms with E-state index in [4.69, 9.17) is 4.52 Å². The van der Waals surface area contributed by atoms with E-state index in [0.29, 0.717) is 5.92 Å². The van der Waals surface area contributed by atoms with Crippen LogP contribution in [-0.2, 0) is 6.42 Å². The molecule has 0 spiro atoms. The number of rotatable bonds is 3. The maximum atomic E-state index is 5.43. The van der Waals surface area contributed by atoms with E-state index in [-0.39, 0.29) is 0 Å². The summed E-state index contributed by atoms with van der Waals surface area (Å²) in [5.74, 6) is 1.70. The van der Waals surface area contributed by atoms with Crippen molar-refractivity contribution in [3.05, 3.63) is 41.8 Å². The van der Waals surface area contributed by atoms with E-state index >= 15 is 0 Å². The zero-order valence-electron chi connectivity index (χ0n) is 10.6. The van der Waals surface area contributed by atoms with E-state index in [1.54, 1.807) is 0 Å². The summed E-state index contributed by atoms with van der Waals surface area (Å²) in [5.41, 5.74) is 3.61. The second-order valence-electron chi connectivity index (χ2n) is 5.09. The van der Waals surface area contributed by atoms with Crippen LogP contribution in [0.25, 0.3) is 11.1 Å². The van der Waals surface area contributed by atoms with Crippen LogP contribution in [0.2, 0.25) is 0 Å². The molecule has 1 unspecified atom stereocenters. The first-order chi connectivity index (χ1) is 8.83. The van der Waals surface area contributed by atoms with Gasteiger partial charge in [0.05, 0.1) is 6.20 Å². The molecule has 3 nitrogen and oxygen atoms in total. The van der Waals surface area contributed by atoms with E-state index in [1.807, 2.05) is 6.20 Å². The quantitative estimate of drug-likeness (QED) is 0.899. The van der Waals surface area contributed by atoms with Crippen molar-refractivity contribution < 1.29 is 4.52 Å². The lowest BCUT2D eigenvalue weighted by atomic mass is 9.98. The summed E-state index contributed by atoms with van der Waals surface area (Å²) in [6.45, 7) is 4.31. The van der Waals surface area contributed by atoms with Crippen molar-refractivity contribution in [2.75, 3.05) is 13.1 Å². The van der Waals surface area contributed by atoms with Gasteiger partial charge in [0.2, 0.25) is 0 Å². The average Bonchev–Trinajstić information content (AvgIpc) is 3.02. The Bertz CT molecular complexity index is 510. The minimum atomic E-state index is 0.683. The number of hydrogen-bond donors (Lipinski definition) is 1. The van der Waals surface area contributed by atoms with E-state index in [9.17, 15) is 0 Å². The monoisotopic (exact) mass is 242 g/mol. The maximum Gasteiger partial charge on any atom is 0.144 e. The molecule has 0 aliphatic carbocycles. The lowest BCUT2D eigenvalue weighted by Gasteiger charge is -2.07. The Morgan fingerprint density at radius 2 is 2.17 bits per heavy atom. The molecular weight excluding hydrogens is 224 g/mol. The summed E-state index contributed by atoms with van der Waals surface area (Å²) in [6, 6.07) is 8.53. The van der Waals surface area contributed by atoms with Crippen LogP contribution in [0.5, 0.6) is 0 Å². The molecule has 18 heavy (non-hydrogen) atoms. The molecule has 1 atom stereocenters. The second kappa shape index (κ2) is 4.94. The first kappa shape index (κ1) is 11.5. The van der Waals surface area contributed by atoms with Crippen molar-refractivity contribution in [2.45, 2.75) is 19.8 Å². The zero-order chi connectivity index (χ0) is 12.4. The van der Waals surface area contributed by atoms with Gasteiger partial charge in [-0.15, -0.1) is 0 Å². The Hall–Kier alpha value is -1.61. The first-order valence-electron chi connectivity index (χ1n) is 6.54. The van der Waals surface area contributed by atoms with Crippen LogP contribution in [0.4, 0.5) is 0 Å². The molecule has 1 aliphatic heterocycles. The van der Waals surface area contributed by atoms with Gasteiger partial charge in [-0.3, -0.25) is 0 Å². The van der Waals surface area contributed by atoms with Gasteiger partial charge in [-0.25, -0.2) is 0 Å². The van der Waals surface area contributed by atoms with Crippen molar-refractivity contribution in [3.8, 4) is 11.1 Å².